The second kappa shape index (κ2) is 4.17. The van der Waals surface area contributed by atoms with Crippen LogP contribution in [0.1, 0.15) is 10.4 Å². The van der Waals surface area contributed by atoms with Crippen LogP contribution in [-0.4, -0.2) is 20.8 Å². The Hall–Kier alpha value is -2.50. The number of amides is 1. The van der Waals surface area contributed by atoms with Crippen LogP contribution >= 0.6 is 0 Å². The van der Waals surface area contributed by atoms with Crippen LogP contribution in [0.25, 0.3) is 0 Å². The van der Waals surface area contributed by atoms with Gasteiger partial charge in [0.1, 0.15) is 5.75 Å². The summed E-state index contributed by atoms with van der Waals surface area (Å²) in [7, 11) is 1.78. The molecule has 88 valence electrons. The zero-order valence-corrected chi connectivity index (χ0v) is 9.21. The number of phenols is 1. The molecule has 0 aliphatic rings. The third-order valence-corrected chi connectivity index (χ3v) is 2.25. The molecular formula is C11H12N4O2. The van der Waals surface area contributed by atoms with Gasteiger partial charge in [-0.1, -0.05) is 0 Å². The Balaban J connectivity index is 2.37. The molecule has 2 rings (SSSR count). The van der Waals surface area contributed by atoms with E-state index in [9.17, 15) is 9.90 Å². The highest BCUT2D eigenvalue weighted by Gasteiger charge is 2.09. The van der Waals surface area contributed by atoms with Crippen molar-refractivity contribution in [3.05, 3.63) is 36.2 Å². The van der Waals surface area contributed by atoms with E-state index in [0.29, 0.717) is 16.9 Å². The molecule has 0 radical (unpaired) electrons. The highest BCUT2D eigenvalue weighted by molar-refractivity contribution is 5.99. The van der Waals surface area contributed by atoms with E-state index in [0.717, 1.165) is 0 Å². The summed E-state index contributed by atoms with van der Waals surface area (Å²) in [6, 6.07) is 4.32. The van der Waals surface area contributed by atoms with Crippen molar-refractivity contribution in [3.63, 3.8) is 0 Å². The van der Waals surface area contributed by atoms with Crippen molar-refractivity contribution in [2.24, 2.45) is 12.8 Å². The van der Waals surface area contributed by atoms with Gasteiger partial charge in [-0.05, 0) is 12.1 Å². The number of hydrogen-bond acceptors (Lipinski definition) is 4. The minimum Gasteiger partial charge on any atom is -0.508 e. The van der Waals surface area contributed by atoms with Gasteiger partial charge in [-0.25, -0.2) is 0 Å². The smallest absolute Gasteiger partial charge is 0.250 e. The highest BCUT2D eigenvalue weighted by atomic mass is 16.3. The molecule has 1 aromatic heterocycles. The van der Waals surface area contributed by atoms with Gasteiger partial charge in [-0.2, -0.15) is 5.10 Å². The Kier molecular flexibility index (Phi) is 2.70. The summed E-state index contributed by atoms with van der Waals surface area (Å²) in [4.78, 5) is 11.2. The maximum Gasteiger partial charge on any atom is 0.250 e. The number of nitrogens with one attached hydrogen (secondary N) is 1. The molecule has 0 saturated heterocycles. The lowest BCUT2D eigenvalue weighted by Crippen LogP contribution is -2.13. The third-order valence-electron chi connectivity index (χ3n) is 2.25. The summed E-state index contributed by atoms with van der Waals surface area (Å²) in [5.41, 5.74) is 6.71. The van der Waals surface area contributed by atoms with Crippen molar-refractivity contribution in [2.75, 3.05) is 5.32 Å². The van der Waals surface area contributed by atoms with Crippen LogP contribution in [0.15, 0.2) is 30.6 Å². The first-order valence-electron chi connectivity index (χ1n) is 4.95. The van der Waals surface area contributed by atoms with E-state index >= 15 is 0 Å². The Morgan fingerprint density at radius 2 is 2.29 bits per heavy atom. The number of rotatable bonds is 3. The lowest BCUT2D eigenvalue weighted by Gasteiger charge is -2.08. The number of nitrogens with zero attached hydrogens (tertiary/aromatic N) is 2. The molecule has 4 N–H and O–H groups in total. The summed E-state index contributed by atoms with van der Waals surface area (Å²) < 4.78 is 1.62. The Bertz CT molecular complexity index is 562. The number of primary amides is 1. The van der Waals surface area contributed by atoms with Gasteiger partial charge in [0.05, 0.1) is 23.1 Å². The molecule has 0 unspecified atom stereocenters. The predicted molar refractivity (Wildman–Crippen MR) is 63.1 cm³/mol. The molecule has 2 aromatic rings. The van der Waals surface area contributed by atoms with Gasteiger partial charge in [-0.3, -0.25) is 9.48 Å². The van der Waals surface area contributed by atoms with Gasteiger partial charge < -0.3 is 16.2 Å². The second-order valence-electron chi connectivity index (χ2n) is 3.62. The zero-order valence-electron chi connectivity index (χ0n) is 9.21. The van der Waals surface area contributed by atoms with Crippen LogP contribution < -0.4 is 11.1 Å². The SMILES string of the molecule is Cn1cc(Nc2cc(O)ccc2C(N)=O)cn1. The second-order valence-corrected chi connectivity index (χ2v) is 3.62. The summed E-state index contributed by atoms with van der Waals surface area (Å²) >= 11 is 0. The summed E-state index contributed by atoms with van der Waals surface area (Å²) in [5.74, 6) is -0.502. The predicted octanol–water partition coefficient (Wildman–Crippen LogP) is 0.968. The van der Waals surface area contributed by atoms with Crippen LogP contribution in [0, 0.1) is 0 Å². The monoisotopic (exact) mass is 232 g/mol. The molecule has 6 heteroatoms. The number of carbonyl (C=O) groups is 1. The number of anilines is 2. The summed E-state index contributed by atoms with van der Waals surface area (Å²) in [6.45, 7) is 0. The lowest BCUT2D eigenvalue weighted by molar-refractivity contribution is 0.100. The number of hydrogen-bond donors (Lipinski definition) is 3. The van der Waals surface area contributed by atoms with Crippen LogP contribution in [0.3, 0.4) is 0 Å². The average Bonchev–Trinajstić information content (AvgIpc) is 2.63. The molecule has 0 aliphatic heterocycles. The van der Waals surface area contributed by atoms with Gasteiger partial charge in [0.2, 0.25) is 0 Å². The molecule has 1 aromatic carbocycles. The van der Waals surface area contributed by atoms with Gasteiger partial charge in [-0.15, -0.1) is 0 Å². The zero-order chi connectivity index (χ0) is 12.4. The first-order valence-corrected chi connectivity index (χ1v) is 4.95. The number of aryl methyl sites for hydroxylation is 1. The number of phenolic OH excluding ortho intramolecular Hbond substituents is 1. The number of aromatic hydroxyl groups is 1. The fourth-order valence-electron chi connectivity index (χ4n) is 1.49. The van der Waals surface area contributed by atoms with Crippen molar-refractivity contribution in [1.29, 1.82) is 0 Å². The fourth-order valence-corrected chi connectivity index (χ4v) is 1.49. The van der Waals surface area contributed by atoms with Gasteiger partial charge >= 0.3 is 0 Å². The molecule has 6 nitrogen and oxygen atoms in total. The Morgan fingerprint density at radius 3 is 2.88 bits per heavy atom. The molecule has 1 amide bonds. The van der Waals surface area contributed by atoms with E-state index in [4.69, 9.17) is 5.73 Å². The first-order chi connectivity index (χ1) is 8.06. The molecular weight excluding hydrogens is 220 g/mol. The molecule has 0 saturated carbocycles. The highest BCUT2D eigenvalue weighted by Crippen LogP contribution is 2.24. The molecule has 0 fully saturated rings. The Labute approximate surface area is 97.7 Å². The number of carbonyl (C=O) groups excluding carboxylic acids is 1. The normalized spacial score (nSPS) is 10.2. The summed E-state index contributed by atoms with van der Waals surface area (Å²) in [6.07, 6.45) is 3.35. The van der Waals surface area contributed by atoms with Gasteiger partial charge in [0, 0.05) is 19.3 Å². The lowest BCUT2D eigenvalue weighted by atomic mass is 10.1. The third kappa shape index (κ3) is 2.36. The molecule has 0 atom stereocenters. The van der Waals surface area contributed by atoms with Crippen molar-refractivity contribution in [1.82, 2.24) is 9.78 Å². The topological polar surface area (TPSA) is 93.2 Å². The van der Waals surface area contributed by atoms with Crippen molar-refractivity contribution in [3.8, 4) is 5.75 Å². The van der Waals surface area contributed by atoms with Gasteiger partial charge in [0.15, 0.2) is 0 Å². The largest absolute Gasteiger partial charge is 0.508 e. The van der Waals surface area contributed by atoms with E-state index < -0.39 is 5.91 Å². The first kappa shape index (κ1) is 11.0. The van der Waals surface area contributed by atoms with Crippen molar-refractivity contribution >= 4 is 17.3 Å². The summed E-state index contributed by atoms with van der Waals surface area (Å²) in [5, 5.41) is 16.3. The van der Waals surface area contributed by atoms with E-state index in [2.05, 4.69) is 10.4 Å². The fraction of sp³-hybridized carbons (Fsp3) is 0.0909. The van der Waals surface area contributed by atoms with Crippen molar-refractivity contribution in [2.45, 2.75) is 0 Å². The van der Waals surface area contributed by atoms with Crippen LogP contribution in [-0.2, 0) is 7.05 Å². The maximum atomic E-state index is 11.2. The van der Waals surface area contributed by atoms with E-state index in [-0.39, 0.29) is 5.75 Å². The van der Waals surface area contributed by atoms with Gasteiger partial charge in [0.25, 0.3) is 5.91 Å². The number of benzene rings is 1. The minimum atomic E-state index is -0.559. The molecule has 0 aliphatic carbocycles. The average molecular weight is 232 g/mol. The van der Waals surface area contributed by atoms with E-state index in [1.165, 1.54) is 18.2 Å². The molecule has 0 bridgehead atoms. The molecule has 0 spiro atoms. The molecule has 17 heavy (non-hydrogen) atoms. The molecule has 1 heterocycles. The maximum absolute atomic E-state index is 11.2. The van der Waals surface area contributed by atoms with E-state index in [1.54, 1.807) is 24.1 Å². The number of nitrogens with two attached hydrogens (primary N) is 1. The number of aromatic nitrogens is 2. The van der Waals surface area contributed by atoms with Crippen molar-refractivity contribution < 1.29 is 9.90 Å². The Morgan fingerprint density at radius 1 is 1.53 bits per heavy atom. The van der Waals surface area contributed by atoms with Crippen LogP contribution in [0.4, 0.5) is 11.4 Å². The van der Waals surface area contributed by atoms with Crippen LogP contribution in [0.2, 0.25) is 0 Å². The minimum absolute atomic E-state index is 0.0568. The quantitative estimate of drug-likeness (QED) is 0.735. The van der Waals surface area contributed by atoms with Crippen LogP contribution in [0.5, 0.6) is 5.75 Å². The van der Waals surface area contributed by atoms with E-state index in [1.807, 2.05) is 0 Å². The standard InChI is InChI=1S/C11H12N4O2/c1-15-6-7(5-13-15)14-10-4-8(16)2-3-9(10)11(12)17/h2-6,14,16H,1H3,(H2,12,17).